The summed E-state index contributed by atoms with van der Waals surface area (Å²) in [7, 11) is 0. The van der Waals surface area contributed by atoms with E-state index in [1.165, 1.54) is 10.9 Å². The van der Waals surface area contributed by atoms with Gasteiger partial charge in [-0.1, -0.05) is 0 Å². The normalized spacial score (nSPS) is 22.3. The van der Waals surface area contributed by atoms with Gasteiger partial charge in [0.25, 0.3) is 0 Å². The van der Waals surface area contributed by atoms with Crippen molar-refractivity contribution in [2.75, 3.05) is 26.2 Å². The summed E-state index contributed by atoms with van der Waals surface area (Å²) in [6, 6.07) is 0.428. The summed E-state index contributed by atoms with van der Waals surface area (Å²) in [6.07, 6.45) is 4.67. The van der Waals surface area contributed by atoms with Gasteiger partial charge in [-0.2, -0.15) is 4.39 Å². The first-order valence-corrected chi connectivity index (χ1v) is 7.22. The van der Waals surface area contributed by atoms with E-state index < -0.39 is 5.95 Å². The monoisotopic (exact) mass is 280 g/mol. The number of amides is 1. The first kappa shape index (κ1) is 13.5. The molecular weight excluding hydrogens is 259 g/mol. The van der Waals surface area contributed by atoms with E-state index in [0.717, 1.165) is 45.2 Å². The minimum atomic E-state index is -0.612. The van der Waals surface area contributed by atoms with Gasteiger partial charge in [-0.3, -0.25) is 4.57 Å². The molecule has 3 heterocycles. The summed E-state index contributed by atoms with van der Waals surface area (Å²) in [6.45, 7) is 8.25. The van der Waals surface area contributed by atoms with Crippen LogP contribution in [0.5, 0.6) is 0 Å². The van der Waals surface area contributed by atoms with E-state index in [4.69, 9.17) is 0 Å². The second-order valence-corrected chi connectivity index (χ2v) is 6.37. The molecular formula is C14H21FN4O. The molecule has 2 fully saturated rings. The Morgan fingerprint density at radius 2 is 2.00 bits per heavy atom. The van der Waals surface area contributed by atoms with Crippen LogP contribution < -0.4 is 0 Å². The summed E-state index contributed by atoms with van der Waals surface area (Å²) in [5.74, 6) is -0.612. The lowest BCUT2D eigenvalue weighted by atomic mass is 9.72. The fourth-order valence-electron chi connectivity index (χ4n) is 3.30. The Kier molecular flexibility index (Phi) is 3.28. The summed E-state index contributed by atoms with van der Waals surface area (Å²) >= 11 is 0. The van der Waals surface area contributed by atoms with Gasteiger partial charge in [0.15, 0.2) is 0 Å². The largest absolute Gasteiger partial charge is 0.329 e. The van der Waals surface area contributed by atoms with Crippen LogP contribution in [-0.4, -0.2) is 57.6 Å². The number of carbonyl (C=O) groups excluding carboxylic acids is 1. The van der Waals surface area contributed by atoms with Gasteiger partial charge in [0, 0.05) is 24.5 Å². The lowest BCUT2D eigenvalue weighted by Crippen LogP contribution is -2.62. The van der Waals surface area contributed by atoms with Crippen molar-refractivity contribution in [3.63, 3.8) is 0 Å². The van der Waals surface area contributed by atoms with Crippen LogP contribution in [0.25, 0.3) is 0 Å². The zero-order valence-corrected chi connectivity index (χ0v) is 12.0. The Morgan fingerprint density at radius 1 is 1.35 bits per heavy atom. The average Bonchev–Trinajstić information content (AvgIpc) is 2.82. The molecule has 2 aliphatic heterocycles. The Labute approximate surface area is 118 Å². The van der Waals surface area contributed by atoms with Crippen molar-refractivity contribution in [1.82, 2.24) is 19.4 Å². The van der Waals surface area contributed by atoms with Gasteiger partial charge in [-0.25, -0.2) is 9.78 Å². The molecule has 1 amide bonds. The van der Waals surface area contributed by atoms with E-state index in [1.807, 2.05) is 0 Å². The molecule has 3 rings (SSSR count). The molecule has 110 valence electrons. The molecule has 1 aromatic rings. The topological polar surface area (TPSA) is 41.4 Å². The van der Waals surface area contributed by atoms with Crippen LogP contribution in [0.15, 0.2) is 12.5 Å². The smallest absolute Gasteiger partial charge is 0.323 e. The zero-order valence-electron chi connectivity index (χ0n) is 12.0. The van der Waals surface area contributed by atoms with E-state index in [0.29, 0.717) is 11.5 Å². The number of likely N-dealkylation sites (tertiary alicyclic amines) is 2. The predicted molar refractivity (Wildman–Crippen MR) is 72.9 cm³/mol. The van der Waals surface area contributed by atoms with E-state index in [9.17, 15) is 9.18 Å². The zero-order chi connectivity index (χ0) is 14.3. The van der Waals surface area contributed by atoms with Crippen molar-refractivity contribution in [3.05, 3.63) is 18.5 Å². The van der Waals surface area contributed by atoms with E-state index in [1.54, 1.807) is 4.90 Å². The van der Waals surface area contributed by atoms with Crippen LogP contribution in [-0.2, 0) is 0 Å². The van der Waals surface area contributed by atoms with Crippen LogP contribution in [0.2, 0.25) is 0 Å². The molecule has 0 aliphatic carbocycles. The molecule has 6 heteroatoms. The highest BCUT2D eigenvalue weighted by Crippen LogP contribution is 2.40. The minimum Gasteiger partial charge on any atom is -0.323 e. The van der Waals surface area contributed by atoms with E-state index >= 15 is 0 Å². The summed E-state index contributed by atoms with van der Waals surface area (Å²) in [5.41, 5.74) is 0.292. The Balaban J connectivity index is 1.55. The molecule has 5 nitrogen and oxygen atoms in total. The van der Waals surface area contributed by atoms with Crippen LogP contribution in [0, 0.1) is 11.4 Å². The van der Waals surface area contributed by atoms with Crippen molar-refractivity contribution in [1.29, 1.82) is 0 Å². The number of piperidine rings is 1. The molecule has 0 unspecified atom stereocenters. The SMILES string of the molecule is CC(C)N1CCC2(CC1)CN(C(=O)n1cnc(F)c1)C2. The number of hydrogen-bond donors (Lipinski definition) is 0. The number of carbonyl (C=O) groups is 1. The number of hydrogen-bond acceptors (Lipinski definition) is 3. The van der Waals surface area contributed by atoms with Crippen molar-refractivity contribution in [3.8, 4) is 0 Å². The van der Waals surface area contributed by atoms with Crippen LogP contribution in [0.3, 0.4) is 0 Å². The first-order chi connectivity index (χ1) is 9.49. The fourth-order valence-corrected chi connectivity index (χ4v) is 3.30. The Morgan fingerprint density at radius 3 is 2.50 bits per heavy atom. The summed E-state index contributed by atoms with van der Waals surface area (Å²) in [4.78, 5) is 19.8. The maximum absolute atomic E-state index is 12.8. The number of halogens is 1. The fraction of sp³-hybridized carbons (Fsp3) is 0.714. The van der Waals surface area contributed by atoms with Crippen LogP contribution in [0.1, 0.15) is 26.7 Å². The standard InChI is InChI=1S/C14H21FN4O/c1-11(2)17-5-3-14(4-6-17)8-19(9-14)13(20)18-7-12(15)16-10-18/h7,10-11H,3-6,8-9H2,1-2H3. The molecule has 0 bridgehead atoms. The molecule has 0 atom stereocenters. The third-order valence-corrected chi connectivity index (χ3v) is 4.68. The molecule has 0 N–H and O–H groups in total. The van der Waals surface area contributed by atoms with Crippen molar-refractivity contribution < 1.29 is 9.18 Å². The first-order valence-electron chi connectivity index (χ1n) is 7.22. The van der Waals surface area contributed by atoms with Crippen molar-refractivity contribution in [2.45, 2.75) is 32.7 Å². The molecule has 0 aromatic carbocycles. The van der Waals surface area contributed by atoms with E-state index in [2.05, 4.69) is 23.7 Å². The van der Waals surface area contributed by atoms with Crippen LogP contribution in [0.4, 0.5) is 9.18 Å². The third-order valence-electron chi connectivity index (χ3n) is 4.68. The molecule has 1 aromatic heterocycles. The van der Waals surface area contributed by atoms with Crippen LogP contribution >= 0.6 is 0 Å². The van der Waals surface area contributed by atoms with E-state index in [-0.39, 0.29) is 6.03 Å². The molecule has 0 saturated carbocycles. The molecule has 1 spiro atoms. The number of aromatic nitrogens is 2. The van der Waals surface area contributed by atoms with Gasteiger partial charge in [-0.05, 0) is 39.8 Å². The van der Waals surface area contributed by atoms with Crippen molar-refractivity contribution in [2.24, 2.45) is 5.41 Å². The third kappa shape index (κ3) is 2.32. The van der Waals surface area contributed by atoms with Gasteiger partial charge in [0.05, 0.1) is 6.20 Å². The number of nitrogens with zero attached hydrogens (tertiary/aromatic N) is 4. The average molecular weight is 280 g/mol. The maximum Gasteiger partial charge on any atom is 0.329 e. The second kappa shape index (κ2) is 4.84. The molecule has 0 radical (unpaired) electrons. The maximum atomic E-state index is 12.8. The van der Waals surface area contributed by atoms with Gasteiger partial charge in [0.2, 0.25) is 5.95 Å². The summed E-state index contributed by atoms with van der Waals surface area (Å²) in [5, 5.41) is 0. The number of imidazole rings is 1. The lowest BCUT2D eigenvalue weighted by Gasteiger charge is -2.54. The van der Waals surface area contributed by atoms with Gasteiger partial charge in [0.1, 0.15) is 6.33 Å². The molecule has 20 heavy (non-hydrogen) atoms. The number of rotatable bonds is 1. The lowest BCUT2D eigenvalue weighted by molar-refractivity contribution is -0.0273. The highest BCUT2D eigenvalue weighted by atomic mass is 19.1. The van der Waals surface area contributed by atoms with Crippen molar-refractivity contribution >= 4 is 6.03 Å². The second-order valence-electron chi connectivity index (χ2n) is 6.37. The molecule has 2 saturated heterocycles. The highest BCUT2D eigenvalue weighted by molar-refractivity contribution is 5.77. The van der Waals surface area contributed by atoms with Gasteiger partial charge in [-0.15, -0.1) is 0 Å². The Hall–Kier alpha value is -1.43. The highest BCUT2D eigenvalue weighted by Gasteiger charge is 2.47. The Bertz CT molecular complexity index is 497. The summed E-state index contributed by atoms with van der Waals surface area (Å²) < 4.78 is 14.1. The van der Waals surface area contributed by atoms with Gasteiger partial charge < -0.3 is 9.80 Å². The molecule has 2 aliphatic rings. The van der Waals surface area contributed by atoms with Gasteiger partial charge >= 0.3 is 6.03 Å². The minimum absolute atomic E-state index is 0.168. The predicted octanol–water partition coefficient (Wildman–Crippen LogP) is 1.80. The quantitative estimate of drug-likeness (QED) is 0.787.